The first-order chi connectivity index (χ1) is 17.2. The maximum Gasteiger partial charge on any atom is 0.303 e. The van der Waals surface area contributed by atoms with Gasteiger partial charge in [0.2, 0.25) is 0 Å². The van der Waals surface area contributed by atoms with Crippen molar-refractivity contribution in [2.45, 2.75) is 46.1 Å². The Kier molecular flexibility index (Phi) is 8.02. The molecule has 4 aromatic rings. The predicted octanol–water partition coefficient (Wildman–Crippen LogP) is 7.87. The van der Waals surface area contributed by atoms with E-state index in [0.29, 0.717) is 28.8 Å². The van der Waals surface area contributed by atoms with E-state index in [0.717, 1.165) is 39.3 Å². The summed E-state index contributed by atoms with van der Waals surface area (Å²) < 4.78 is 8.00. The first-order valence-corrected chi connectivity index (χ1v) is 12.6. The van der Waals surface area contributed by atoms with E-state index in [1.165, 1.54) is 0 Å². The fourth-order valence-electron chi connectivity index (χ4n) is 4.24. The van der Waals surface area contributed by atoms with E-state index < -0.39 is 5.97 Å². The molecule has 7 heteroatoms. The third kappa shape index (κ3) is 5.75. The minimum Gasteiger partial charge on any atom is -0.487 e. The topological polar surface area (TPSA) is 64.4 Å². The molecule has 0 spiro atoms. The molecule has 4 rings (SSSR count). The number of ether oxygens (including phenoxy) is 1. The lowest BCUT2D eigenvalue weighted by Gasteiger charge is -2.16. The maximum absolute atomic E-state index is 10.9. The Morgan fingerprint density at radius 2 is 1.78 bits per heavy atom. The van der Waals surface area contributed by atoms with Gasteiger partial charge in [-0.05, 0) is 71.3 Å². The van der Waals surface area contributed by atoms with Crippen LogP contribution in [0.2, 0.25) is 10.0 Å². The summed E-state index contributed by atoms with van der Waals surface area (Å²) in [7, 11) is 0. The Morgan fingerprint density at radius 3 is 2.44 bits per heavy atom. The Balaban J connectivity index is 1.58. The van der Waals surface area contributed by atoms with E-state index in [2.05, 4.69) is 18.9 Å². The zero-order valence-electron chi connectivity index (χ0n) is 20.5. The number of aryl methyl sites for hydroxylation is 2. The first kappa shape index (κ1) is 25.8. The minimum absolute atomic E-state index is 0.115. The molecule has 186 valence electrons. The van der Waals surface area contributed by atoms with Crippen LogP contribution in [0.3, 0.4) is 0 Å². The van der Waals surface area contributed by atoms with Crippen molar-refractivity contribution in [3.05, 3.63) is 99.3 Å². The van der Waals surface area contributed by atoms with Gasteiger partial charge in [-0.3, -0.25) is 4.79 Å². The van der Waals surface area contributed by atoms with Gasteiger partial charge in [-0.1, -0.05) is 73.4 Å². The number of halogens is 2. The highest BCUT2D eigenvalue weighted by molar-refractivity contribution is 6.37. The molecule has 0 saturated heterocycles. The number of benzene rings is 3. The molecule has 3 aromatic carbocycles. The van der Waals surface area contributed by atoms with E-state index in [1.807, 2.05) is 61.7 Å². The highest BCUT2D eigenvalue weighted by Crippen LogP contribution is 2.33. The van der Waals surface area contributed by atoms with Gasteiger partial charge >= 0.3 is 5.97 Å². The quantitative estimate of drug-likeness (QED) is 0.242. The number of hydrogen-bond acceptors (Lipinski definition) is 3. The van der Waals surface area contributed by atoms with Crippen LogP contribution in [0, 0.1) is 6.92 Å². The third-order valence-corrected chi connectivity index (χ3v) is 6.72. The van der Waals surface area contributed by atoms with Crippen LogP contribution in [-0.4, -0.2) is 20.9 Å². The molecule has 0 bridgehead atoms. The average molecular weight is 523 g/mol. The average Bonchev–Trinajstić information content (AvgIpc) is 3.25. The van der Waals surface area contributed by atoms with Crippen LogP contribution in [0.1, 0.15) is 48.6 Å². The van der Waals surface area contributed by atoms with E-state index in [9.17, 15) is 4.79 Å². The lowest BCUT2D eigenvalue weighted by atomic mass is 9.97. The molecule has 5 nitrogen and oxygen atoms in total. The van der Waals surface area contributed by atoms with E-state index in [1.54, 1.807) is 16.8 Å². The van der Waals surface area contributed by atoms with Crippen molar-refractivity contribution >= 4 is 29.2 Å². The van der Waals surface area contributed by atoms with Crippen LogP contribution in [0.4, 0.5) is 0 Å². The fourth-order valence-corrected chi connectivity index (χ4v) is 4.80. The normalized spacial score (nSPS) is 11.2. The molecule has 0 radical (unpaired) electrons. The second-order valence-electron chi connectivity index (χ2n) is 9.04. The molecule has 0 unspecified atom stereocenters. The summed E-state index contributed by atoms with van der Waals surface area (Å²) in [6, 6.07) is 19.4. The molecule has 0 amide bonds. The minimum atomic E-state index is -0.795. The van der Waals surface area contributed by atoms with Crippen molar-refractivity contribution in [1.82, 2.24) is 9.78 Å². The number of carboxylic acid groups (broad SMARTS) is 1. The molecule has 0 aliphatic carbocycles. The van der Waals surface area contributed by atoms with Crippen molar-refractivity contribution in [2.75, 3.05) is 0 Å². The number of carboxylic acids is 1. The predicted molar refractivity (Wildman–Crippen MR) is 145 cm³/mol. The number of carbonyl (C=O) groups is 1. The lowest BCUT2D eigenvalue weighted by molar-refractivity contribution is -0.136. The van der Waals surface area contributed by atoms with E-state index in [4.69, 9.17) is 33.0 Å². The molecule has 0 aliphatic rings. The van der Waals surface area contributed by atoms with Crippen LogP contribution < -0.4 is 4.74 Å². The summed E-state index contributed by atoms with van der Waals surface area (Å²) in [5.74, 6) is 0.194. The Bertz CT molecular complexity index is 1380. The van der Waals surface area contributed by atoms with Gasteiger partial charge in [0.25, 0.3) is 0 Å². The van der Waals surface area contributed by atoms with Crippen molar-refractivity contribution in [2.24, 2.45) is 0 Å². The Morgan fingerprint density at radius 1 is 1.06 bits per heavy atom. The molecule has 1 aromatic heterocycles. The maximum atomic E-state index is 10.9. The molecule has 0 atom stereocenters. The van der Waals surface area contributed by atoms with Gasteiger partial charge in [0.1, 0.15) is 18.0 Å². The number of rotatable bonds is 9. The molecule has 0 fully saturated rings. The summed E-state index contributed by atoms with van der Waals surface area (Å²) in [4.78, 5) is 10.9. The standard InChI is InChI=1S/C29H28Cl2N2O3/c1-18(2)24-16-32-33(29-25(30)8-5-9-26(29)31)27(24)17-36-22-11-12-23(19(3)14-22)21-7-4-6-20(15-21)10-13-28(34)35/h4-9,11-12,14-16,18H,10,13,17H2,1-3H3,(H,34,35). The van der Waals surface area contributed by atoms with E-state index >= 15 is 0 Å². The van der Waals surface area contributed by atoms with Gasteiger partial charge in [0.05, 0.1) is 21.9 Å². The molecule has 1 heterocycles. The number of nitrogens with zero attached hydrogens (tertiary/aromatic N) is 2. The van der Waals surface area contributed by atoms with Gasteiger partial charge in [-0.25, -0.2) is 4.68 Å². The third-order valence-electron chi connectivity index (χ3n) is 6.11. The molecular formula is C29H28Cl2N2O3. The molecule has 36 heavy (non-hydrogen) atoms. The highest BCUT2D eigenvalue weighted by atomic mass is 35.5. The molecular weight excluding hydrogens is 495 g/mol. The number of aromatic nitrogens is 2. The van der Waals surface area contributed by atoms with Gasteiger partial charge < -0.3 is 9.84 Å². The van der Waals surface area contributed by atoms with Crippen LogP contribution in [0.25, 0.3) is 16.8 Å². The Hall–Kier alpha value is -3.28. The van der Waals surface area contributed by atoms with Gasteiger partial charge in [-0.15, -0.1) is 0 Å². The number of aliphatic carboxylic acids is 1. The molecule has 1 N–H and O–H groups in total. The van der Waals surface area contributed by atoms with Crippen LogP contribution in [-0.2, 0) is 17.8 Å². The molecule has 0 saturated carbocycles. The van der Waals surface area contributed by atoms with Crippen molar-refractivity contribution in [3.63, 3.8) is 0 Å². The van der Waals surface area contributed by atoms with Crippen LogP contribution in [0.5, 0.6) is 5.75 Å². The van der Waals surface area contributed by atoms with Gasteiger partial charge in [0.15, 0.2) is 0 Å². The van der Waals surface area contributed by atoms with Crippen LogP contribution >= 0.6 is 23.2 Å². The summed E-state index contributed by atoms with van der Waals surface area (Å²) in [6.45, 7) is 6.57. The van der Waals surface area contributed by atoms with Crippen molar-refractivity contribution in [3.8, 4) is 22.6 Å². The molecule has 0 aliphatic heterocycles. The first-order valence-electron chi connectivity index (χ1n) is 11.8. The second-order valence-corrected chi connectivity index (χ2v) is 9.86. The smallest absolute Gasteiger partial charge is 0.303 e. The van der Waals surface area contributed by atoms with Crippen molar-refractivity contribution in [1.29, 1.82) is 0 Å². The Labute approximate surface area is 221 Å². The summed E-state index contributed by atoms with van der Waals surface area (Å²) in [5, 5.41) is 14.6. The summed E-state index contributed by atoms with van der Waals surface area (Å²) >= 11 is 12.9. The number of para-hydroxylation sites is 1. The fraction of sp³-hybridized carbons (Fsp3) is 0.241. The second kappa shape index (κ2) is 11.2. The lowest BCUT2D eigenvalue weighted by Crippen LogP contribution is -2.09. The monoisotopic (exact) mass is 522 g/mol. The zero-order valence-corrected chi connectivity index (χ0v) is 22.0. The van der Waals surface area contributed by atoms with Crippen LogP contribution in [0.15, 0.2) is 66.9 Å². The summed E-state index contributed by atoms with van der Waals surface area (Å²) in [6.07, 6.45) is 2.46. The summed E-state index contributed by atoms with van der Waals surface area (Å²) in [5.41, 5.74) is 6.80. The van der Waals surface area contributed by atoms with Gasteiger partial charge in [0, 0.05) is 6.42 Å². The zero-order chi connectivity index (χ0) is 25.8. The SMILES string of the molecule is Cc1cc(OCc2c(C(C)C)cnn2-c2c(Cl)cccc2Cl)ccc1-c1cccc(CCC(=O)O)c1. The largest absolute Gasteiger partial charge is 0.487 e. The van der Waals surface area contributed by atoms with Crippen molar-refractivity contribution < 1.29 is 14.6 Å². The van der Waals surface area contributed by atoms with E-state index in [-0.39, 0.29) is 12.3 Å². The number of hydrogen-bond donors (Lipinski definition) is 1. The highest BCUT2D eigenvalue weighted by Gasteiger charge is 2.19. The van der Waals surface area contributed by atoms with Gasteiger partial charge in [-0.2, -0.15) is 5.10 Å².